The fraction of sp³-hybridized carbons (Fsp3) is 0.571. The molecule has 1 atom stereocenters. The number of hydrogen-bond donors (Lipinski definition) is 1. The van der Waals surface area contributed by atoms with Crippen molar-refractivity contribution in [1.29, 1.82) is 0 Å². The van der Waals surface area contributed by atoms with E-state index < -0.39 is 0 Å². The van der Waals surface area contributed by atoms with E-state index in [-0.39, 0.29) is 6.04 Å². The highest BCUT2D eigenvalue weighted by Gasteiger charge is 2.07. The second-order valence-electron chi connectivity index (χ2n) is 2.56. The smallest absolute Gasteiger partial charge is 0.209 e. The van der Waals surface area contributed by atoms with Gasteiger partial charge in [-0.1, -0.05) is 11.8 Å². The molecule has 5 heteroatoms. The predicted molar refractivity (Wildman–Crippen MR) is 48.9 cm³/mol. The van der Waals surface area contributed by atoms with Gasteiger partial charge in [0, 0.05) is 6.04 Å². The molecule has 0 aliphatic carbocycles. The second-order valence-corrected chi connectivity index (χ2v) is 3.33. The molecule has 2 N–H and O–H groups in total. The first-order chi connectivity index (χ1) is 5.65. The third-order valence-corrected chi connectivity index (χ3v) is 2.03. The molecule has 1 aromatic rings. The summed E-state index contributed by atoms with van der Waals surface area (Å²) in [5, 5.41) is 8.58. The molecule has 1 aromatic heterocycles. The van der Waals surface area contributed by atoms with Gasteiger partial charge in [0.15, 0.2) is 0 Å². The van der Waals surface area contributed by atoms with Crippen molar-refractivity contribution < 1.29 is 0 Å². The van der Waals surface area contributed by atoms with Gasteiger partial charge in [-0.05, 0) is 20.1 Å². The number of hydrogen-bond acceptors (Lipinski definition) is 5. The number of nitrogens with zero attached hydrogens (tertiary/aromatic N) is 3. The number of aryl methyl sites for hydroxylation is 1. The van der Waals surface area contributed by atoms with Gasteiger partial charge in [-0.2, -0.15) is 0 Å². The lowest BCUT2D eigenvalue weighted by Gasteiger charge is -2.06. The maximum atomic E-state index is 5.66. The van der Waals surface area contributed by atoms with Crippen molar-refractivity contribution in [2.75, 3.05) is 6.26 Å². The van der Waals surface area contributed by atoms with Crippen LogP contribution < -0.4 is 5.73 Å². The Bertz CT molecular complexity index is 274. The van der Waals surface area contributed by atoms with Gasteiger partial charge < -0.3 is 5.73 Å². The normalized spacial score (nSPS) is 13.0. The topological polar surface area (TPSA) is 64.7 Å². The Hall–Kier alpha value is -0.680. The van der Waals surface area contributed by atoms with E-state index in [9.17, 15) is 0 Å². The molecule has 0 saturated heterocycles. The molecule has 1 unspecified atom stereocenters. The molecule has 0 radical (unpaired) electrons. The molecule has 0 saturated carbocycles. The van der Waals surface area contributed by atoms with Crippen molar-refractivity contribution in [3.63, 3.8) is 0 Å². The van der Waals surface area contributed by atoms with Crippen molar-refractivity contribution in [3.8, 4) is 0 Å². The summed E-state index contributed by atoms with van der Waals surface area (Å²) in [6, 6.07) is -0.0964. The lowest BCUT2D eigenvalue weighted by Crippen LogP contribution is -2.12. The Morgan fingerprint density at radius 3 is 2.50 bits per heavy atom. The minimum atomic E-state index is -0.0964. The van der Waals surface area contributed by atoms with Crippen LogP contribution in [0.5, 0.6) is 0 Å². The van der Waals surface area contributed by atoms with Crippen LogP contribution in [0, 0.1) is 6.92 Å². The third kappa shape index (κ3) is 1.92. The summed E-state index contributed by atoms with van der Waals surface area (Å²) in [5.74, 6) is 0. The Labute approximate surface area is 76.0 Å². The maximum absolute atomic E-state index is 5.66. The molecule has 0 aliphatic heterocycles. The van der Waals surface area contributed by atoms with E-state index in [1.54, 1.807) is 0 Å². The maximum Gasteiger partial charge on any atom is 0.209 e. The summed E-state index contributed by atoms with van der Waals surface area (Å²) in [5.41, 5.74) is 7.29. The van der Waals surface area contributed by atoms with E-state index >= 15 is 0 Å². The molecule has 0 aliphatic rings. The zero-order valence-corrected chi connectivity index (χ0v) is 8.22. The molecular weight excluding hydrogens is 172 g/mol. The number of rotatable bonds is 2. The largest absolute Gasteiger partial charge is 0.323 e. The molecule has 0 bridgehead atoms. The summed E-state index contributed by atoms with van der Waals surface area (Å²) >= 11 is 1.48. The number of thioether (sulfide) groups is 1. The SMILES string of the molecule is CSc1nnc(C(C)N)c(C)n1. The summed E-state index contributed by atoms with van der Waals surface area (Å²) in [4.78, 5) is 4.22. The first-order valence-electron chi connectivity index (χ1n) is 3.66. The zero-order chi connectivity index (χ0) is 9.14. The van der Waals surface area contributed by atoms with Gasteiger partial charge in [0.2, 0.25) is 5.16 Å². The van der Waals surface area contributed by atoms with Gasteiger partial charge >= 0.3 is 0 Å². The van der Waals surface area contributed by atoms with Crippen molar-refractivity contribution >= 4 is 11.8 Å². The lowest BCUT2D eigenvalue weighted by atomic mass is 10.2. The summed E-state index contributed by atoms with van der Waals surface area (Å²) < 4.78 is 0. The number of aromatic nitrogens is 3. The van der Waals surface area contributed by atoms with Crippen LogP contribution in [0.3, 0.4) is 0 Å². The van der Waals surface area contributed by atoms with Gasteiger partial charge in [-0.15, -0.1) is 10.2 Å². The molecule has 66 valence electrons. The van der Waals surface area contributed by atoms with Crippen molar-refractivity contribution in [3.05, 3.63) is 11.4 Å². The van der Waals surface area contributed by atoms with E-state index in [1.807, 2.05) is 20.1 Å². The van der Waals surface area contributed by atoms with E-state index in [4.69, 9.17) is 5.73 Å². The fourth-order valence-corrected chi connectivity index (χ4v) is 1.25. The second kappa shape index (κ2) is 3.82. The molecule has 0 amide bonds. The van der Waals surface area contributed by atoms with Crippen LogP contribution in [0.1, 0.15) is 24.4 Å². The molecule has 0 fully saturated rings. The Balaban J connectivity index is 3.03. The molecular formula is C7H12N4S. The van der Waals surface area contributed by atoms with Gasteiger partial charge in [-0.25, -0.2) is 4.98 Å². The van der Waals surface area contributed by atoms with Gasteiger partial charge in [-0.3, -0.25) is 0 Å². The third-order valence-electron chi connectivity index (χ3n) is 1.49. The Kier molecular flexibility index (Phi) is 2.99. The number of nitrogens with two attached hydrogens (primary N) is 1. The van der Waals surface area contributed by atoms with Crippen molar-refractivity contribution in [2.24, 2.45) is 5.73 Å². The molecule has 1 heterocycles. The Morgan fingerprint density at radius 1 is 1.42 bits per heavy atom. The highest BCUT2D eigenvalue weighted by atomic mass is 32.2. The van der Waals surface area contributed by atoms with Crippen LogP contribution in [0.4, 0.5) is 0 Å². The van der Waals surface area contributed by atoms with Crippen molar-refractivity contribution in [1.82, 2.24) is 15.2 Å². The zero-order valence-electron chi connectivity index (χ0n) is 7.40. The fourth-order valence-electron chi connectivity index (χ4n) is 0.899. The average Bonchev–Trinajstić information content (AvgIpc) is 2.03. The van der Waals surface area contributed by atoms with Crippen LogP contribution in [0.2, 0.25) is 0 Å². The summed E-state index contributed by atoms with van der Waals surface area (Å²) in [6.07, 6.45) is 1.92. The Morgan fingerprint density at radius 2 is 2.08 bits per heavy atom. The predicted octanol–water partition coefficient (Wildman–Crippen LogP) is 0.922. The molecule has 0 spiro atoms. The van der Waals surface area contributed by atoms with E-state index in [0.717, 1.165) is 11.4 Å². The van der Waals surface area contributed by atoms with Crippen LogP contribution >= 0.6 is 11.8 Å². The highest BCUT2D eigenvalue weighted by Crippen LogP contribution is 2.12. The molecule has 12 heavy (non-hydrogen) atoms. The minimum absolute atomic E-state index is 0.0964. The average molecular weight is 184 g/mol. The van der Waals surface area contributed by atoms with Gasteiger partial charge in [0.1, 0.15) is 5.69 Å². The monoisotopic (exact) mass is 184 g/mol. The molecule has 4 nitrogen and oxygen atoms in total. The lowest BCUT2D eigenvalue weighted by molar-refractivity contribution is 0.688. The quantitative estimate of drug-likeness (QED) is 0.692. The van der Waals surface area contributed by atoms with Crippen LogP contribution in [0.25, 0.3) is 0 Å². The molecule has 0 aromatic carbocycles. The summed E-state index contributed by atoms with van der Waals surface area (Å²) in [7, 11) is 0. The van der Waals surface area contributed by atoms with Gasteiger partial charge in [0.05, 0.1) is 5.69 Å². The van der Waals surface area contributed by atoms with E-state index in [0.29, 0.717) is 5.16 Å². The highest BCUT2D eigenvalue weighted by molar-refractivity contribution is 7.98. The minimum Gasteiger partial charge on any atom is -0.323 e. The molecule has 1 rings (SSSR count). The van der Waals surface area contributed by atoms with Crippen LogP contribution in [-0.2, 0) is 0 Å². The van der Waals surface area contributed by atoms with Crippen LogP contribution in [-0.4, -0.2) is 21.4 Å². The van der Waals surface area contributed by atoms with E-state index in [1.165, 1.54) is 11.8 Å². The summed E-state index contributed by atoms with van der Waals surface area (Å²) in [6.45, 7) is 3.77. The van der Waals surface area contributed by atoms with Gasteiger partial charge in [0.25, 0.3) is 0 Å². The first-order valence-corrected chi connectivity index (χ1v) is 4.88. The van der Waals surface area contributed by atoms with Crippen molar-refractivity contribution in [2.45, 2.75) is 25.0 Å². The first kappa shape index (κ1) is 9.41. The van der Waals surface area contributed by atoms with E-state index in [2.05, 4.69) is 15.2 Å². The van der Waals surface area contributed by atoms with Crippen LogP contribution in [0.15, 0.2) is 5.16 Å². The standard InChI is InChI=1S/C7H12N4S/c1-4(8)6-5(2)9-7(12-3)11-10-6/h4H,8H2,1-3H3.